The first-order chi connectivity index (χ1) is 15.2. The molecule has 10 nitrogen and oxygen atoms in total. The Morgan fingerprint density at radius 2 is 2.32 bits per heavy atom. The number of allylic oxidation sites excluding steroid dienone is 1. The van der Waals surface area contributed by atoms with Gasteiger partial charge < -0.3 is 0 Å². The molecule has 1 atom stereocenters. The third-order valence-corrected chi connectivity index (χ3v) is 7.19. The van der Waals surface area contributed by atoms with E-state index in [1.54, 1.807) is 11.8 Å². The number of hydrogen-bond acceptors (Lipinski definition) is 7. The number of aryl methyl sites for hydroxylation is 1. The number of aliphatic imine (C=N–C) groups is 1. The molecule has 0 radical (unpaired) electrons. The maximum atomic E-state index is 5.88. The van der Waals surface area contributed by atoms with Crippen LogP contribution in [0, 0.1) is 11.8 Å². The number of benzene rings is 1. The van der Waals surface area contributed by atoms with Crippen LogP contribution < -0.4 is 32.2 Å². The van der Waals surface area contributed by atoms with Crippen molar-refractivity contribution >= 4 is 28.5 Å². The van der Waals surface area contributed by atoms with Crippen LogP contribution in [0.25, 0.3) is 16.6 Å². The molecule has 1 aromatic carbocycles. The number of ether oxygens (including phenoxy) is 2. The molecule has 0 unspecified atom stereocenters. The first-order valence-electron chi connectivity index (χ1n) is 9.96. The molecule has 2 N–H and O–H groups in total. The van der Waals surface area contributed by atoms with E-state index in [4.69, 9.17) is 12.7 Å². The van der Waals surface area contributed by atoms with E-state index >= 15 is 0 Å². The molecule has 4 heterocycles. The van der Waals surface area contributed by atoms with Gasteiger partial charge in [-0.2, -0.15) is 0 Å². The molecule has 1 fully saturated rings. The van der Waals surface area contributed by atoms with Gasteiger partial charge in [0, 0.05) is 0 Å². The number of fused-ring (bicyclic) bond motifs is 2. The molecule has 2 aromatic rings. The zero-order valence-electron chi connectivity index (χ0n) is 17.2. The molecular formula is C20H22IN8O2-. The molecule has 162 valence electrons. The first kappa shape index (κ1) is 20.2. The van der Waals surface area contributed by atoms with Gasteiger partial charge in [0.25, 0.3) is 0 Å². The van der Waals surface area contributed by atoms with Crippen molar-refractivity contribution in [1.82, 2.24) is 30.7 Å². The first-order valence-corrected chi connectivity index (χ1v) is 12.2. The molecular weight excluding hydrogens is 511 g/mol. The Kier molecular flexibility index (Phi) is 5.75. The van der Waals surface area contributed by atoms with Crippen molar-refractivity contribution in [3.63, 3.8) is 0 Å². The fraction of sp³-hybridized carbons (Fsp3) is 0.400. The van der Waals surface area contributed by atoms with Gasteiger partial charge in [0.2, 0.25) is 0 Å². The summed E-state index contributed by atoms with van der Waals surface area (Å²) >= 11 is -0.581. The zero-order chi connectivity index (χ0) is 21.2. The number of alkyl halides is 1. The molecule has 1 saturated heterocycles. The van der Waals surface area contributed by atoms with E-state index in [1.807, 2.05) is 30.3 Å². The maximum absolute atomic E-state index is 5.88. The van der Waals surface area contributed by atoms with E-state index in [1.165, 1.54) is 0 Å². The molecule has 11 heteroatoms. The van der Waals surface area contributed by atoms with E-state index in [0.717, 1.165) is 54.0 Å². The monoisotopic (exact) mass is 533 g/mol. The van der Waals surface area contributed by atoms with Crippen LogP contribution in [-0.4, -0.2) is 69.3 Å². The number of guanidine groups is 1. The number of halogens is 1. The third-order valence-electron chi connectivity index (χ3n) is 5.03. The zero-order valence-corrected chi connectivity index (χ0v) is 19.4. The number of hydrogen-bond donors (Lipinski definition) is 2. The number of nitrogens with zero attached hydrogens (tertiary/aromatic N) is 6. The average Bonchev–Trinajstić information content (AvgIpc) is 3.00. The van der Waals surface area contributed by atoms with E-state index < -0.39 is 21.5 Å². The molecule has 5 rings (SSSR count). The fourth-order valence-corrected chi connectivity index (χ4v) is 5.23. The van der Waals surface area contributed by atoms with Gasteiger partial charge in [-0.3, -0.25) is 0 Å². The Balaban J connectivity index is 1.48. The van der Waals surface area contributed by atoms with Gasteiger partial charge in [0.1, 0.15) is 0 Å². The van der Waals surface area contributed by atoms with Gasteiger partial charge in [-0.15, -0.1) is 0 Å². The Morgan fingerprint density at radius 1 is 1.39 bits per heavy atom. The van der Waals surface area contributed by atoms with Gasteiger partial charge in [0.15, 0.2) is 0 Å². The Morgan fingerprint density at radius 3 is 3.23 bits per heavy atom. The summed E-state index contributed by atoms with van der Waals surface area (Å²) < 4.78 is 18.2. The van der Waals surface area contributed by atoms with Crippen LogP contribution in [0.1, 0.15) is 12.0 Å². The fourth-order valence-electron chi connectivity index (χ4n) is 3.51. The van der Waals surface area contributed by atoms with Gasteiger partial charge in [-0.25, -0.2) is 0 Å². The van der Waals surface area contributed by atoms with E-state index in [-0.39, 0.29) is 4.11 Å². The van der Waals surface area contributed by atoms with Crippen molar-refractivity contribution in [2.24, 2.45) is 15.2 Å². The van der Waals surface area contributed by atoms with Crippen LogP contribution >= 0.6 is 0 Å². The molecule has 0 amide bonds. The summed E-state index contributed by atoms with van der Waals surface area (Å²) in [7, 11) is 3.49. The average molecular weight is 533 g/mol. The van der Waals surface area contributed by atoms with E-state index in [9.17, 15) is 0 Å². The van der Waals surface area contributed by atoms with Crippen LogP contribution in [0.15, 0.2) is 32.1 Å². The molecule has 0 bridgehead atoms. The second kappa shape index (κ2) is 8.81. The van der Waals surface area contributed by atoms with Crippen LogP contribution in [0.4, 0.5) is 0 Å². The molecule has 0 spiro atoms. The molecule has 31 heavy (non-hydrogen) atoms. The van der Waals surface area contributed by atoms with Crippen LogP contribution in [0.2, 0.25) is 0 Å². The Labute approximate surface area is 190 Å². The predicted octanol–water partition coefficient (Wildman–Crippen LogP) is -2.74. The normalized spacial score (nSPS) is 22.5. The third kappa shape index (κ3) is 4.10. The summed E-state index contributed by atoms with van der Waals surface area (Å²) in [6.45, 7) is 3.11. The molecule has 1 aromatic heterocycles. The predicted molar refractivity (Wildman–Crippen MR) is 112 cm³/mol. The number of aromatic nitrogens is 3. The topological polar surface area (TPSA) is 101 Å². The van der Waals surface area contributed by atoms with Crippen molar-refractivity contribution in [3.05, 3.63) is 29.5 Å². The van der Waals surface area contributed by atoms with Crippen molar-refractivity contribution in [3.8, 4) is 11.8 Å². The summed E-state index contributed by atoms with van der Waals surface area (Å²) in [5, 5.41) is 13.6. The van der Waals surface area contributed by atoms with Gasteiger partial charge >= 0.3 is 191 Å². The van der Waals surface area contributed by atoms with Crippen molar-refractivity contribution in [1.29, 1.82) is 0 Å². The van der Waals surface area contributed by atoms with Crippen molar-refractivity contribution in [2.45, 2.75) is 10.5 Å². The number of hydrazine groups is 1. The summed E-state index contributed by atoms with van der Waals surface area (Å²) in [6.07, 6.45) is 1.03. The summed E-state index contributed by atoms with van der Waals surface area (Å²) in [5.41, 5.74) is 7.68. The second-order valence-corrected chi connectivity index (χ2v) is 9.53. The number of methoxy groups -OCH3 is 1. The van der Waals surface area contributed by atoms with Gasteiger partial charge in [-0.1, -0.05) is 0 Å². The number of rotatable bonds is 3. The standard InChI is InChI=1S/C20H22IN8O2/c1-28-16-11-13(6-7-15(16)25-27-28)14-5-3-9-29-18(14)19(30-2)23-20(26-29)24-21-17-12-22-8-4-10-31-17/h6-7,11,17,22H,4,8-10,12H2,1-2H3,(H,24,26)/q-1/t17-/m0/s1. The van der Waals surface area contributed by atoms with Crippen LogP contribution in [-0.2, 0) is 16.5 Å². The van der Waals surface area contributed by atoms with Crippen molar-refractivity contribution in [2.75, 3.05) is 33.4 Å². The minimum atomic E-state index is -0.581. The summed E-state index contributed by atoms with van der Waals surface area (Å²) in [4.78, 5) is 4.63. The quantitative estimate of drug-likeness (QED) is 0.251. The SMILES string of the molecule is COC1=N/C(=N\[I-][C@@H]2CNCCCO2)NN2CC#CC(c3ccc4nnn(C)c4c3)=C12. The molecule has 0 saturated carbocycles. The van der Waals surface area contributed by atoms with Gasteiger partial charge in [0.05, 0.1) is 0 Å². The summed E-state index contributed by atoms with van der Waals surface area (Å²) in [6, 6.07) is 5.98. The van der Waals surface area contributed by atoms with Crippen molar-refractivity contribution < 1.29 is 31.0 Å². The molecule has 3 aliphatic heterocycles. The summed E-state index contributed by atoms with van der Waals surface area (Å²) in [5.74, 6) is 7.48. The van der Waals surface area contributed by atoms with E-state index in [2.05, 4.69) is 37.9 Å². The Bertz CT molecular complexity index is 1150. The molecule has 3 aliphatic rings. The van der Waals surface area contributed by atoms with Crippen LogP contribution in [0.5, 0.6) is 0 Å². The van der Waals surface area contributed by atoms with Gasteiger partial charge in [-0.05, 0) is 0 Å². The van der Waals surface area contributed by atoms with Crippen LogP contribution in [0.3, 0.4) is 0 Å². The molecule has 0 aliphatic carbocycles. The van der Waals surface area contributed by atoms with E-state index in [0.29, 0.717) is 18.4 Å². The Hall–Kier alpha value is -2.69. The minimum absolute atomic E-state index is 0.143. The number of nitrogens with one attached hydrogen (secondary N) is 2. The second-order valence-electron chi connectivity index (χ2n) is 7.11.